The van der Waals surface area contributed by atoms with Crippen LogP contribution in [-0.2, 0) is 32.6 Å². The zero-order chi connectivity index (χ0) is 26.4. The first-order valence-electron chi connectivity index (χ1n) is 10.8. The quantitative estimate of drug-likeness (QED) is 0.385. The van der Waals surface area contributed by atoms with Crippen molar-refractivity contribution in [3.63, 3.8) is 0 Å². The maximum atomic E-state index is 13.6. The molecule has 3 heterocycles. The number of fused-ring (bicyclic) bond motifs is 1. The summed E-state index contributed by atoms with van der Waals surface area (Å²) in [7, 11) is -2.96. The second-order valence-corrected chi connectivity index (χ2v) is 10.4. The number of nitrogens with zero attached hydrogens (tertiary/aromatic N) is 2. The minimum Gasteiger partial charge on any atom is -0.351 e. The summed E-state index contributed by atoms with van der Waals surface area (Å²) in [5.74, 6) is -7.25. The summed E-state index contributed by atoms with van der Waals surface area (Å²) in [6.45, 7) is 0.408. The number of hydrogen-bond donors (Lipinski definition) is 3. The fourth-order valence-corrected chi connectivity index (χ4v) is 6.60. The van der Waals surface area contributed by atoms with E-state index in [-0.39, 0.29) is 53.0 Å². The molecule has 2 aromatic rings. The van der Waals surface area contributed by atoms with E-state index in [1.54, 1.807) is 0 Å². The normalized spacial score (nSPS) is 17.2. The third-order valence-electron chi connectivity index (χ3n) is 6.00. The summed E-state index contributed by atoms with van der Waals surface area (Å²) >= 11 is 6.38. The maximum Gasteiger partial charge on any atom is 0.311 e. The van der Waals surface area contributed by atoms with Crippen LogP contribution in [0.1, 0.15) is 29.0 Å². The summed E-state index contributed by atoms with van der Waals surface area (Å²) in [6.07, 6.45) is 1.08. The molecule has 0 bridgehead atoms. The predicted octanol–water partition coefficient (Wildman–Crippen LogP) is 1.38. The molecule has 10 nitrogen and oxygen atoms in total. The van der Waals surface area contributed by atoms with Crippen molar-refractivity contribution in [2.75, 3.05) is 25.5 Å². The number of likely N-dealkylation sites (tertiary alicyclic amines) is 1. The lowest BCUT2D eigenvalue weighted by Crippen LogP contribution is -2.43. The Balaban J connectivity index is 1.59. The lowest BCUT2D eigenvalue weighted by Gasteiger charge is -2.16. The van der Waals surface area contributed by atoms with E-state index in [0.717, 1.165) is 0 Å². The number of carbonyl (C=O) groups excluding carboxylic acids is 3. The van der Waals surface area contributed by atoms with Gasteiger partial charge in [0.25, 0.3) is 5.91 Å². The number of halogens is 4. The SMILES string of the molecule is CNC(=O)C(=O)N1CC[C@@H](NS(=O)(=O)c2c(Cl)c(C(=O)Nc3cc(F)c(F)c(F)c3)n3c2CCC3)C1. The Kier molecular flexibility index (Phi) is 7.03. The van der Waals surface area contributed by atoms with E-state index in [1.165, 1.54) is 16.5 Å². The number of rotatable bonds is 5. The Labute approximate surface area is 208 Å². The van der Waals surface area contributed by atoms with E-state index in [1.807, 2.05) is 0 Å². The van der Waals surface area contributed by atoms with Gasteiger partial charge in [-0.3, -0.25) is 14.4 Å². The highest BCUT2D eigenvalue weighted by atomic mass is 35.5. The molecule has 1 fully saturated rings. The van der Waals surface area contributed by atoms with E-state index >= 15 is 0 Å². The molecule has 1 atom stereocenters. The van der Waals surface area contributed by atoms with Gasteiger partial charge in [-0.2, -0.15) is 0 Å². The Morgan fingerprint density at radius 1 is 1.11 bits per heavy atom. The van der Waals surface area contributed by atoms with E-state index in [4.69, 9.17) is 11.6 Å². The van der Waals surface area contributed by atoms with Crippen molar-refractivity contribution >= 4 is 45.0 Å². The highest BCUT2D eigenvalue weighted by Gasteiger charge is 2.38. The Morgan fingerprint density at radius 3 is 2.42 bits per heavy atom. The van der Waals surface area contributed by atoms with Crippen LogP contribution in [0.25, 0.3) is 0 Å². The smallest absolute Gasteiger partial charge is 0.311 e. The molecule has 0 radical (unpaired) electrons. The molecule has 1 aromatic carbocycles. The summed E-state index contributed by atoms with van der Waals surface area (Å²) in [4.78, 5) is 37.5. The topological polar surface area (TPSA) is 130 Å². The lowest BCUT2D eigenvalue weighted by molar-refractivity contribution is -0.144. The molecule has 0 saturated carbocycles. The third kappa shape index (κ3) is 4.67. The van der Waals surface area contributed by atoms with Gasteiger partial charge in [-0.05, 0) is 19.3 Å². The molecular formula is C21H21ClF3N5O5S. The number of likely N-dealkylation sites (N-methyl/N-ethyl adjacent to an activating group) is 1. The summed E-state index contributed by atoms with van der Waals surface area (Å²) < 4.78 is 70.8. The van der Waals surface area contributed by atoms with Crippen LogP contribution in [0.4, 0.5) is 18.9 Å². The molecular weight excluding hydrogens is 527 g/mol. The van der Waals surface area contributed by atoms with Crippen LogP contribution in [0.5, 0.6) is 0 Å². The van der Waals surface area contributed by atoms with E-state index in [9.17, 15) is 36.0 Å². The number of benzene rings is 1. The maximum absolute atomic E-state index is 13.6. The van der Waals surface area contributed by atoms with Crippen LogP contribution in [0.3, 0.4) is 0 Å². The van der Waals surface area contributed by atoms with Gasteiger partial charge >= 0.3 is 11.8 Å². The van der Waals surface area contributed by atoms with Crippen molar-refractivity contribution in [2.45, 2.75) is 36.7 Å². The van der Waals surface area contributed by atoms with Crippen LogP contribution < -0.4 is 15.4 Å². The molecule has 194 valence electrons. The molecule has 0 aliphatic carbocycles. The van der Waals surface area contributed by atoms with Gasteiger partial charge in [0.15, 0.2) is 17.5 Å². The van der Waals surface area contributed by atoms with Gasteiger partial charge in [0.1, 0.15) is 10.6 Å². The number of aromatic nitrogens is 1. The Hall–Kier alpha value is -3.10. The van der Waals surface area contributed by atoms with Gasteiger partial charge in [-0.25, -0.2) is 26.3 Å². The Morgan fingerprint density at radius 2 is 1.78 bits per heavy atom. The van der Waals surface area contributed by atoms with Crippen LogP contribution in [0.2, 0.25) is 5.02 Å². The standard InChI is InChI=1S/C21H21ClF3N5O5S/c1-26-20(32)21(33)29-6-4-10(9-29)28-36(34,35)18-14-3-2-5-30(14)17(15(18)22)19(31)27-11-7-12(23)16(25)13(24)8-11/h7-8,10,28H,2-6,9H2,1H3,(H,26,32)(H,27,31)/t10-/m1/s1. The van der Waals surface area contributed by atoms with Gasteiger partial charge in [0.05, 0.1) is 5.02 Å². The van der Waals surface area contributed by atoms with E-state index in [2.05, 4.69) is 15.4 Å². The van der Waals surface area contributed by atoms with Gasteiger partial charge in [0.2, 0.25) is 10.0 Å². The molecule has 4 rings (SSSR count). The highest BCUT2D eigenvalue weighted by molar-refractivity contribution is 7.89. The van der Waals surface area contributed by atoms with Crippen LogP contribution in [0, 0.1) is 17.5 Å². The van der Waals surface area contributed by atoms with Crippen LogP contribution in [0.15, 0.2) is 17.0 Å². The van der Waals surface area contributed by atoms with Crippen molar-refractivity contribution in [1.29, 1.82) is 0 Å². The van der Waals surface area contributed by atoms with Crippen LogP contribution >= 0.6 is 11.6 Å². The van der Waals surface area contributed by atoms with E-state index < -0.39 is 51.2 Å². The van der Waals surface area contributed by atoms with Gasteiger partial charge in [-0.1, -0.05) is 11.6 Å². The van der Waals surface area contributed by atoms with Gasteiger partial charge in [0, 0.05) is 56.2 Å². The average Bonchev–Trinajstić information content (AvgIpc) is 3.51. The first kappa shape index (κ1) is 26.0. The fourth-order valence-electron chi connectivity index (χ4n) is 4.39. The number of amides is 3. The van der Waals surface area contributed by atoms with E-state index in [0.29, 0.717) is 25.0 Å². The van der Waals surface area contributed by atoms with Gasteiger partial charge < -0.3 is 20.1 Å². The minimum absolute atomic E-state index is 0.0335. The second kappa shape index (κ2) is 9.75. The van der Waals surface area contributed by atoms with Crippen molar-refractivity contribution in [1.82, 2.24) is 19.5 Å². The van der Waals surface area contributed by atoms with Crippen molar-refractivity contribution in [2.24, 2.45) is 0 Å². The molecule has 15 heteroatoms. The molecule has 2 aliphatic rings. The average molecular weight is 548 g/mol. The highest BCUT2D eigenvalue weighted by Crippen LogP contribution is 2.37. The van der Waals surface area contributed by atoms with Crippen molar-refractivity contribution < 1.29 is 36.0 Å². The predicted molar refractivity (Wildman–Crippen MR) is 121 cm³/mol. The lowest BCUT2D eigenvalue weighted by atomic mass is 10.2. The number of carbonyl (C=O) groups is 3. The molecule has 1 saturated heterocycles. The Bertz CT molecular complexity index is 1360. The monoisotopic (exact) mass is 547 g/mol. The second-order valence-electron chi connectivity index (χ2n) is 8.34. The van der Waals surface area contributed by atoms with Crippen LogP contribution in [-0.4, -0.2) is 61.8 Å². The molecule has 1 aromatic heterocycles. The molecule has 0 spiro atoms. The molecule has 3 amide bonds. The largest absolute Gasteiger partial charge is 0.351 e. The third-order valence-corrected chi connectivity index (χ3v) is 8.11. The number of anilines is 1. The molecule has 36 heavy (non-hydrogen) atoms. The summed E-state index contributed by atoms with van der Waals surface area (Å²) in [6, 6.07) is 0.478. The zero-order valence-electron chi connectivity index (χ0n) is 18.8. The number of nitrogens with one attached hydrogen (secondary N) is 3. The fraction of sp³-hybridized carbons (Fsp3) is 0.381. The molecule has 2 aliphatic heterocycles. The molecule has 3 N–H and O–H groups in total. The molecule has 0 unspecified atom stereocenters. The summed E-state index contributed by atoms with van der Waals surface area (Å²) in [5.41, 5.74) is -0.321. The first-order valence-corrected chi connectivity index (χ1v) is 12.7. The minimum atomic E-state index is -4.27. The number of hydrogen-bond acceptors (Lipinski definition) is 5. The zero-order valence-corrected chi connectivity index (χ0v) is 20.4. The van der Waals surface area contributed by atoms with Crippen molar-refractivity contribution in [3.8, 4) is 0 Å². The van der Waals surface area contributed by atoms with Crippen molar-refractivity contribution in [3.05, 3.63) is 46.0 Å². The first-order chi connectivity index (χ1) is 16.9. The van der Waals surface area contributed by atoms with Gasteiger partial charge in [-0.15, -0.1) is 0 Å². The number of sulfonamides is 1. The summed E-state index contributed by atoms with van der Waals surface area (Å²) in [5, 5.41) is 4.06.